The fourth-order valence-electron chi connectivity index (χ4n) is 7.82. The second-order valence-electron chi connectivity index (χ2n) is 14.9. The number of carbonyl (C=O) groups is 1. The highest BCUT2D eigenvalue weighted by Gasteiger charge is 2.63. The first-order chi connectivity index (χ1) is 26.3. The minimum absolute atomic E-state index is 0.0275. The Morgan fingerprint density at radius 3 is 2.46 bits per heavy atom. The van der Waals surface area contributed by atoms with Crippen LogP contribution < -0.4 is 16.4 Å². The van der Waals surface area contributed by atoms with Crippen LogP contribution in [0.4, 0.5) is 41.7 Å². The SMILES string of the molecule is Cn1nc(N)c2cccc(-c3cc4sc(NCC(C)(C)O)nc4nc3[C@H](Cc3cc(F)cc(F)c3)NC(=O)Cn3nc(C(F)(F)F)c4c3C(F)(F)[C@@H]3CC[C@H]43)c21. The van der Waals surface area contributed by atoms with Crippen LogP contribution in [0.3, 0.4) is 0 Å². The number of hydrogen-bond acceptors (Lipinski definition) is 9. The highest BCUT2D eigenvalue weighted by Crippen LogP contribution is 2.64. The van der Waals surface area contributed by atoms with Gasteiger partial charge >= 0.3 is 6.18 Å². The van der Waals surface area contributed by atoms with Crippen molar-refractivity contribution in [2.75, 3.05) is 17.6 Å². The molecule has 2 aliphatic rings. The Morgan fingerprint density at radius 2 is 1.80 bits per heavy atom. The Morgan fingerprint density at radius 1 is 1.07 bits per heavy atom. The summed E-state index contributed by atoms with van der Waals surface area (Å²) in [4.78, 5) is 23.4. The molecule has 3 atom stereocenters. The number of carbonyl (C=O) groups excluding carboxylic acids is 1. The minimum Gasteiger partial charge on any atom is -0.389 e. The topological polar surface area (TPSA) is 149 Å². The van der Waals surface area contributed by atoms with E-state index in [0.29, 0.717) is 42.6 Å². The first-order valence-corrected chi connectivity index (χ1v) is 18.4. The van der Waals surface area contributed by atoms with Crippen molar-refractivity contribution in [3.8, 4) is 11.1 Å². The molecule has 2 aromatic carbocycles. The average molecular weight is 802 g/mol. The molecule has 8 rings (SSSR count). The van der Waals surface area contributed by atoms with Crippen molar-refractivity contribution in [2.24, 2.45) is 13.0 Å². The van der Waals surface area contributed by atoms with Crippen LogP contribution in [0.25, 0.3) is 32.4 Å². The molecular formula is C37H34F7N9O2S. The van der Waals surface area contributed by atoms with E-state index in [1.165, 1.54) is 11.3 Å². The third kappa shape index (κ3) is 6.59. The Balaban J connectivity index is 1.26. The zero-order chi connectivity index (χ0) is 40.1. The van der Waals surface area contributed by atoms with Crippen LogP contribution in [-0.4, -0.2) is 52.7 Å². The molecule has 294 valence electrons. The second kappa shape index (κ2) is 13.1. The predicted octanol–water partition coefficient (Wildman–Crippen LogP) is 7.20. The molecule has 56 heavy (non-hydrogen) atoms. The van der Waals surface area contributed by atoms with Crippen molar-refractivity contribution in [1.29, 1.82) is 0 Å². The molecule has 1 amide bonds. The first kappa shape index (κ1) is 37.6. The highest BCUT2D eigenvalue weighted by atomic mass is 32.1. The van der Waals surface area contributed by atoms with E-state index in [2.05, 4.69) is 25.8 Å². The molecule has 0 saturated heterocycles. The number of halogens is 7. The van der Waals surface area contributed by atoms with Crippen LogP contribution in [0.1, 0.15) is 66.9 Å². The molecular weight excluding hydrogens is 768 g/mol. The Kier molecular flexibility index (Phi) is 8.83. The van der Waals surface area contributed by atoms with E-state index in [4.69, 9.17) is 10.7 Å². The van der Waals surface area contributed by atoms with Gasteiger partial charge in [-0.25, -0.2) is 18.7 Å². The van der Waals surface area contributed by atoms with Gasteiger partial charge in [0.05, 0.1) is 27.6 Å². The largest absolute Gasteiger partial charge is 0.435 e. The van der Waals surface area contributed by atoms with Crippen molar-refractivity contribution in [3.63, 3.8) is 0 Å². The van der Waals surface area contributed by atoms with Gasteiger partial charge in [0.25, 0.3) is 5.92 Å². The van der Waals surface area contributed by atoms with Crippen molar-refractivity contribution in [3.05, 3.63) is 82.3 Å². The number of para-hydroxylation sites is 1. The number of thiazole rings is 1. The van der Waals surface area contributed by atoms with Gasteiger partial charge in [-0.15, -0.1) is 0 Å². The standard InChI is InChI=1S/C37H34F7N9O2S/c1-35(2,55)15-46-34-49-33-25(56-34)13-22(19-5-4-6-21-29(19)52(3)51-32(21)45)28(48-33)24(11-16-9-17(38)12-18(39)10-16)47-26(54)14-53-31-27(30(50-53)37(42,43)44)20-7-8-23(20)36(31,40)41/h4-6,9-10,12-13,20,23-24,55H,7-8,11,14-15H2,1-3H3,(H2,45,51)(H,47,54)(H,46,48,49)/t20-,23+,24-/m0/s1. The van der Waals surface area contributed by atoms with E-state index >= 15 is 8.78 Å². The zero-order valence-corrected chi connectivity index (χ0v) is 30.8. The lowest BCUT2D eigenvalue weighted by Gasteiger charge is -2.34. The number of amides is 1. The van der Waals surface area contributed by atoms with E-state index in [-0.39, 0.29) is 48.5 Å². The normalized spacial score (nSPS) is 18.2. The van der Waals surface area contributed by atoms with Crippen molar-refractivity contribution in [2.45, 2.75) is 69.3 Å². The maximum Gasteiger partial charge on any atom is 0.435 e. The maximum absolute atomic E-state index is 15.6. The number of aromatic nitrogens is 6. The van der Waals surface area contributed by atoms with Crippen LogP contribution in [0.15, 0.2) is 42.5 Å². The number of aryl methyl sites for hydroxylation is 1. The third-order valence-corrected chi connectivity index (χ3v) is 11.2. The summed E-state index contributed by atoms with van der Waals surface area (Å²) in [5.74, 6) is -8.62. The molecule has 1 fully saturated rings. The number of pyridine rings is 1. The van der Waals surface area contributed by atoms with Gasteiger partial charge in [-0.2, -0.15) is 32.1 Å². The first-order valence-electron chi connectivity index (χ1n) is 17.6. The van der Waals surface area contributed by atoms with Crippen molar-refractivity contribution < 1.29 is 40.6 Å². The average Bonchev–Trinajstić information content (AvgIpc) is 3.77. The van der Waals surface area contributed by atoms with Gasteiger partial charge in [0.2, 0.25) is 5.91 Å². The number of nitrogens with two attached hydrogens (primary N) is 1. The molecule has 0 aliphatic heterocycles. The number of nitrogen functional groups attached to an aromatic ring is 1. The van der Waals surface area contributed by atoms with Crippen LogP contribution >= 0.6 is 11.3 Å². The number of fused-ring (bicyclic) bond motifs is 5. The predicted molar refractivity (Wildman–Crippen MR) is 194 cm³/mol. The molecule has 19 heteroatoms. The third-order valence-electron chi connectivity index (χ3n) is 10.3. The molecule has 1 saturated carbocycles. The lowest BCUT2D eigenvalue weighted by Crippen LogP contribution is -2.36. The molecule has 4 heterocycles. The fraction of sp³-hybridized carbons (Fsp3) is 0.378. The van der Waals surface area contributed by atoms with Crippen molar-refractivity contribution >= 4 is 49.4 Å². The Bertz CT molecular complexity index is 2520. The van der Waals surface area contributed by atoms with E-state index < -0.39 is 76.6 Å². The summed E-state index contributed by atoms with van der Waals surface area (Å²) in [7, 11) is 1.67. The summed E-state index contributed by atoms with van der Waals surface area (Å²) < 4.78 is 105. The molecule has 2 aliphatic carbocycles. The summed E-state index contributed by atoms with van der Waals surface area (Å²) >= 11 is 1.22. The van der Waals surface area contributed by atoms with Gasteiger partial charge in [0.15, 0.2) is 22.3 Å². The number of nitrogens with zero attached hydrogens (tertiary/aromatic N) is 6. The van der Waals surface area contributed by atoms with Crippen LogP contribution in [0, 0.1) is 17.6 Å². The van der Waals surface area contributed by atoms with E-state index in [1.807, 2.05) is 0 Å². The Hall–Kier alpha value is -5.30. The smallest absolute Gasteiger partial charge is 0.389 e. The molecule has 5 N–H and O–H groups in total. The Labute approximate surface area is 317 Å². The lowest BCUT2D eigenvalue weighted by molar-refractivity contribution is -0.144. The highest BCUT2D eigenvalue weighted by molar-refractivity contribution is 7.22. The molecule has 4 aromatic heterocycles. The molecule has 0 radical (unpaired) electrons. The van der Waals surface area contributed by atoms with E-state index in [1.54, 1.807) is 49.8 Å². The summed E-state index contributed by atoms with van der Waals surface area (Å²) in [6.45, 7) is 2.33. The van der Waals surface area contributed by atoms with Crippen LogP contribution in [0.2, 0.25) is 0 Å². The van der Waals surface area contributed by atoms with Gasteiger partial charge in [0, 0.05) is 47.7 Å². The van der Waals surface area contributed by atoms with Gasteiger partial charge in [0.1, 0.15) is 23.9 Å². The van der Waals surface area contributed by atoms with Crippen molar-refractivity contribution in [1.82, 2.24) is 34.8 Å². The number of hydrogen-bond donors (Lipinski definition) is 4. The van der Waals surface area contributed by atoms with Gasteiger partial charge in [-0.05, 0) is 68.9 Å². The monoisotopic (exact) mass is 801 g/mol. The van der Waals surface area contributed by atoms with Crippen LogP contribution in [-0.2, 0) is 36.9 Å². The number of aliphatic hydroxyl groups is 1. The zero-order valence-electron chi connectivity index (χ0n) is 30.0. The van der Waals surface area contributed by atoms with Gasteiger partial charge < -0.3 is 21.5 Å². The minimum atomic E-state index is -5.05. The summed E-state index contributed by atoms with van der Waals surface area (Å²) in [5, 5.41) is 24.9. The van der Waals surface area contributed by atoms with Crippen LogP contribution in [0.5, 0.6) is 0 Å². The quantitative estimate of drug-likeness (QED) is 0.106. The number of anilines is 2. The fourth-order valence-corrected chi connectivity index (χ4v) is 8.67. The summed E-state index contributed by atoms with van der Waals surface area (Å²) in [6.07, 6.45) is -5.18. The molecule has 6 aromatic rings. The lowest BCUT2D eigenvalue weighted by atomic mass is 9.73. The number of nitrogens with one attached hydrogen (secondary N) is 2. The van der Waals surface area contributed by atoms with E-state index in [9.17, 15) is 31.9 Å². The molecule has 0 spiro atoms. The summed E-state index contributed by atoms with van der Waals surface area (Å²) in [6, 6.07) is 8.50. The number of rotatable bonds is 10. The molecule has 11 nitrogen and oxygen atoms in total. The molecule has 0 unspecified atom stereocenters. The van der Waals surface area contributed by atoms with Gasteiger partial charge in [-0.3, -0.25) is 14.2 Å². The molecule has 0 bridgehead atoms. The number of alkyl halides is 5. The van der Waals surface area contributed by atoms with E-state index in [0.717, 1.165) is 12.1 Å². The van der Waals surface area contributed by atoms with Gasteiger partial charge in [-0.1, -0.05) is 23.5 Å². The second-order valence-corrected chi connectivity index (χ2v) is 16.0. The number of benzene rings is 2. The summed E-state index contributed by atoms with van der Waals surface area (Å²) in [5.41, 5.74) is 4.08. The maximum atomic E-state index is 15.6.